The van der Waals surface area contributed by atoms with E-state index >= 15 is 0 Å². The number of nitrogens with zero attached hydrogens (tertiary/aromatic N) is 4. The molecule has 1 atom stereocenters. The molecule has 1 N–H and O–H groups in total. The van der Waals surface area contributed by atoms with Crippen LogP contribution >= 0.6 is 28.1 Å². The fraction of sp³-hybridized carbons (Fsp3) is 0.448. The second kappa shape index (κ2) is 14.2. The zero-order valence-corrected chi connectivity index (χ0v) is 25.4. The molecule has 2 aromatic carbocycles. The lowest BCUT2D eigenvalue weighted by molar-refractivity contribution is -0.124. The van der Waals surface area contributed by atoms with Crippen molar-refractivity contribution in [3.8, 4) is 0 Å². The average Bonchev–Trinajstić information content (AvgIpc) is 3.18. The Morgan fingerprint density at radius 2 is 1.62 bits per heavy atom. The number of carbonyl (C=O) groups is 3. The lowest BCUT2D eigenvalue weighted by Gasteiger charge is -2.34. The molecule has 0 saturated carbocycles. The van der Waals surface area contributed by atoms with Gasteiger partial charge in [-0.25, -0.2) is 4.79 Å². The predicted molar refractivity (Wildman–Crippen MR) is 164 cm³/mol. The molecule has 40 heavy (non-hydrogen) atoms. The van der Waals surface area contributed by atoms with Gasteiger partial charge < -0.3 is 24.8 Å². The Bertz CT molecular complexity index is 1200. The van der Waals surface area contributed by atoms with Gasteiger partial charge in [0.2, 0.25) is 5.91 Å². The Labute approximate surface area is 249 Å². The van der Waals surface area contributed by atoms with Crippen molar-refractivity contribution >= 4 is 62.4 Å². The van der Waals surface area contributed by atoms with Crippen LogP contribution in [0.15, 0.2) is 53.0 Å². The van der Waals surface area contributed by atoms with Gasteiger partial charge in [-0.2, -0.15) is 0 Å². The van der Waals surface area contributed by atoms with Gasteiger partial charge in [-0.05, 0) is 87.2 Å². The molecule has 2 aliphatic rings. The first kappa shape index (κ1) is 30.1. The molecule has 0 aliphatic carbocycles. The number of thiocarbonyl (C=S) groups is 1. The van der Waals surface area contributed by atoms with E-state index in [-0.39, 0.29) is 24.8 Å². The van der Waals surface area contributed by atoms with Crippen LogP contribution < -0.4 is 10.2 Å². The van der Waals surface area contributed by atoms with E-state index in [1.54, 1.807) is 43.3 Å². The Morgan fingerprint density at radius 1 is 0.975 bits per heavy atom. The zero-order valence-electron chi connectivity index (χ0n) is 23.0. The molecular weight excluding hydrogens is 594 g/mol. The molecule has 4 rings (SSSR count). The predicted octanol–water partition coefficient (Wildman–Crippen LogP) is 3.98. The highest BCUT2D eigenvalue weighted by atomic mass is 79.9. The number of piperazine rings is 1. The number of hydrogen-bond acceptors (Lipinski definition) is 7. The monoisotopic (exact) mass is 629 g/mol. The zero-order chi connectivity index (χ0) is 28.6. The van der Waals surface area contributed by atoms with Crippen LogP contribution in [0.4, 0.5) is 11.4 Å². The van der Waals surface area contributed by atoms with Gasteiger partial charge in [-0.3, -0.25) is 14.5 Å². The van der Waals surface area contributed by atoms with Gasteiger partial charge in [-0.1, -0.05) is 22.9 Å². The summed E-state index contributed by atoms with van der Waals surface area (Å²) < 4.78 is 5.98. The van der Waals surface area contributed by atoms with Crippen LogP contribution in [-0.4, -0.2) is 96.1 Å². The summed E-state index contributed by atoms with van der Waals surface area (Å²) in [6, 6.07) is 13.2. The Kier molecular flexibility index (Phi) is 10.7. The fourth-order valence-electron chi connectivity index (χ4n) is 5.00. The van der Waals surface area contributed by atoms with E-state index in [1.807, 2.05) is 17.0 Å². The highest BCUT2D eigenvalue weighted by Crippen LogP contribution is 2.28. The third-order valence-corrected chi connectivity index (χ3v) is 8.19. The van der Waals surface area contributed by atoms with Gasteiger partial charge in [0.05, 0.1) is 24.3 Å². The van der Waals surface area contributed by atoms with Crippen LogP contribution in [0, 0.1) is 0 Å². The van der Waals surface area contributed by atoms with E-state index in [4.69, 9.17) is 17.0 Å². The van der Waals surface area contributed by atoms with Crippen LogP contribution in [0.25, 0.3) is 0 Å². The highest BCUT2D eigenvalue weighted by molar-refractivity contribution is 9.10. The Balaban J connectivity index is 1.47. The number of hydrogen-bond donors (Lipinski definition) is 1. The third-order valence-electron chi connectivity index (χ3n) is 7.25. The van der Waals surface area contributed by atoms with Crippen LogP contribution in [-0.2, 0) is 14.3 Å². The van der Waals surface area contributed by atoms with Crippen LogP contribution in [0.3, 0.4) is 0 Å². The number of carbonyl (C=O) groups excluding carboxylic acids is 3. The number of nitrogens with one attached hydrogen (secondary N) is 1. The van der Waals surface area contributed by atoms with Gasteiger partial charge >= 0.3 is 5.97 Å². The molecule has 214 valence electrons. The molecule has 0 spiro atoms. The Hall–Kier alpha value is -2.86. The maximum absolute atomic E-state index is 13.7. The number of rotatable bonds is 11. The molecule has 11 heteroatoms. The standard InChI is InChI=1S/C29H36BrN5O4S/c1-3-32-16-18-33(19-17-32)14-5-15-34-25(20-26(36)31-23-10-8-22(30)9-11-23)27(37)35(29(34)40)24-12-6-21(7-13-24)28(38)39-4-2/h6-13,25H,3-5,14-20H2,1-2H3,(H,31,36)/t25-/m0/s1. The van der Waals surface area contributed by atoms with E-state index < -0.39 is 12.0 Å². The summed E-state index contributed by atoms with van der Waals surface area (Å²) in [5, 5.41) is 3.26. The summed E-state index contributed by atoms with van der Waals surface area (Å²) in [6.45, 7) is 10.9. The second-order valence-corrected chi connectivity index (χ2v) is 11.1. The minimum Gasteiger partial charge on any atom is -0.462 e. The first-order valence-electron chi connectivity index (χ1n) is 13.7. The number of esters is 1. The van der Waals surface area contributed by atoms with Gasteiger partial charge in [0.1, 0.15) is 6.04 Å². The second-order valence-electron chi connectivity index (χ2n) is 9.82. The molecule has 0 bridgehead atoms. The number of likely N-dealkylation sites (N-methyl/N-ethyl adjacent to an activating group) is 1. The van der Waals surface area contributed by atoms with Crippen LogP contribution in [0.5, 0.6) is 0 Å². The van der Waals surface area contributed by atoms with E-state index in [1.165, 1.54) is 4.90 Å². The fourth-order valence-corrected chi connectivity index (χ4v) is 5.68. The summed E-state index contributed by atoms with van der Waals surface area (Å²) in [5.74, 6) is -0.937. The number of amides is 2. The van der Waals surface area contributed by atoms with Crippen LogP contribution in [0.2, 0.25) is 0 Å². The molecule has 2 amide bonds. The van der Waals surface area contributed by atoms with Gasteiger partial charge in [0.15, 0.2) is 5.11 Å². The van der Waals surface area contributed by atoms with E-state index in [0.29, 0.717) is 28.6 Å². The quantitative estimate of drug-likeness (QED) is 0.295. The summed E-state index contributed by atoms with van der Waals surface area (Å²) in [6.07, 6.45) is 0.793. The van der Waals surface area contributed by atoms with E-state index in [2.05, 4.69) is 38.0 Å². The van der Waals surface area contributed by atoms with Crippen molar-refractivity contribution < 1.29 is 19.1 Å². The lowest BCUT2D eigenvalue weighted by atomic mass is 10.1. The lowest BCUT2D eigenvalue weighted by Crippen LogP contribution is -2.47. The summed E-state index contributed by atoms with van der Waals surface area (Å²) in [4.78, 5) is 47.1. The maximum atomic E-state index is 13.7. The minimum atomic E-state index is -0.718. The Morgan fingerprint density at radius 3 is 2.25 bits per heavy atom. The first-order valence-corrected chi connectivity index (χ1v) is 14.9. The molecule has 2 fully saturated rings. The number of benzene rings is 2. The first-order chi connectivity index (χ1) is 19.3. The van der Waals surface area contributed by atoms with Crippen molar-refractivity contribution in [3.05, 3.63) is 58.6 Å². The SMILES string of the molecule is CCOC(=O)c1ccc(N2C(=O)[C@H](CC(=O)Nc3ccc(Br)cc3)N(CCCN3CCN(CC)CC3)C2=S)cc1. The van der Waals surface area contributed by atoms with Crippen molar-refractivity contribution in [2.45, 2.75) is 32.7 Å². The maximum Gasteiger partial charge on any atom is 0.338 e. The topological polar surface area (TPSA) is 85.4 Å². The number of anilines is 2. The normalized spacial score (nSPS) is 18.3. The molecule has 2 heterocycles. The summed E-state index contributed by atoms with van der Waals surface area (Å²) >= 11 is 9.20. The van der Waals surface area contributed by atoms with E-state index in [9.17, 15) is 14.4 Å². The van der Waals surface area contributed by atoms with Crippen molar-refractivity contribution in [1.29, 1.82) is 0 Å². The van der Waals surface area contributed by atoms with Crippen molar-refractivity contribution in [2.24, 2.45) is 0 Å². The van der Waals surface area contributed by atoms with Gasteiger partial charge in [0, 0.05) is 42.9 Å². The minimum absolute atomic E-state index is 0.0262. The molecule has 2 aliphatic heterocycles. The average molecular weight is 631 g/mol. The van der Waals surface area contributed by atoms with Crippen molar-refractivity contribution in [1.82, 2.24) is 14.7 Å². The molecule has 2 aromatic rings. The third kappa shape index (κ3) is 7.45. The van der Waals surface area contributed by atoms with Gasteiger partial charge in [0.25, 0.3) is 5.91 Å². The molecule has 0 aromatic heterocycles. The number of halogens is 1. The highest BCUT2D eigenvalue weighted by Gasteiger charge is 2.44. The van der Waals surface area contributed by atoms with Crippen molar-refractivity contribution in [3.63, 3.8) is 0 Å². The van der Waals surface area contributed by atoms with Crippen molar-refractivity contribution in [2.75, 3.05) is 62.6 Å². The van der Waals surface area contributed by atoms with Gasteiger partial charge in [-0.15, -0.1) is 0 Å². The number of ether oxygens (including phenoxy) is 1. The molecular formula is C29H36BrN5O4S. The van der Waals surface area contributed by atoms with E-state index in [0.717, 1.165) is 50.2 Å². The summed E-state index contributed by atoms with van der Waals surface area (Å²) in [5.41, 5.74) is 1.61. The molecule has 0 radical (unpaired) electrons. The largest absolute Gasteiger partial charge is 0.462 e. The summed E-state index contributed by atoms with van der Waals surface area (Å²) in [7, 11) is 0. The molecule has 2 saturated heterocycles. The van der Waals surface area contributed by atoms with Crippen LogP contribution in [0.1, 0.15) is 37.0 Å². The molecule has 0 unspecified atom stereocenters. The molecule has 9 nitrogen and oxygen atoms in total. The smallest absolute Gasteiger partial charge is 0.338 e.